The molecule has 4 heteroatoms. The van der Waals surface area contributed by atoms with Gasteiger partial charge >= 0.3 is 0 Å². The van der Waals surface area contributed by atoms with Gasteiger partial charge in [-0.3, -0.25) is 0 Å². The molecule has 0 aromatic heterocycles. The molecule has 1 fully saturated rings. The van der Waals surface area contributed by atoms with Gasteiger partial charge in [0.15, 0.2) is 0 Å². The van der Waals surface area contributed by atoms with E-state index in [1.54, 1.807) is 0 Å². The second-order valence-corrected chi connectivity index (χ2v) is 6.17. The largest absolute Gasteiger partial charge is 0.317 e. The number of hydrogen-bond donors (Lipinski definition) is 1. The summed E-state index contributed by atoms with van der Waals surface area (Å²) in [5, 5.41) is 3.31. The summed E-state index contributed by atoms with van der Waals surface area (Å²) < 4.78 is 28.2. The summed E-state index contributed by atoms with van der Waals surface area (Å²) in [7, 11) is 1.94. The average Bonchev–Trinajstić information content (AvgIpc) is 2.64. The quantitative estimate of drug-likeness (QED) is 0.637. The molecule has 0 bridgehead atoms. The molecule has 0 heterocycles. The first kappa shape index (κ1) is 14.9. The van der Waals surface area contributed by atoms with Crippen molar-refractivity contribution in [1.29, 1.82) is 0 Å². The maximum absolute atomic E-state index is 14.0. The van der Waals surface area contributed by atoms with Crippen LogP contribution in [0.3, 0.4) is 0 Å². The van der Waals surface area contributed by atoms with E-state index in [1.165, 1.54) is 25.0 Å². The molecule has 0 saturated heterocycles. The Hall–Kier alpha value is -0.480. The molecular formula is C15H20BrF2N. The highest BCUT2D eigenvalue weighted by Crippen LogP contribution is 2.30. The average molecular weight is 332 g/mol. The molecule has 2 rings (SSSR count). The molecule has 1 aliphatic rings. The van der Waals surface area contributed by atoms with Crippen molar-refractivity contribution >= 4 is 15.9 Å². The van der Waals surface area contributed by atoms with E-state index in [-0.39, 0.29) is 5.56 Å². The van der Waals surface area contributed by atoms with E-state index in [0.29, 0.717) is 22.9 Å². The van der Waals surface area contributed by atoms with E-state index in [1.807, 2.05) is 7.05 Å². The van der Waals surface area contributed by atoms with Gasteiger partial charge in [0.1, 0.15) is 11.6 Å². The van der Waals surface area contributed by atoms with E-state index in [0.717, 1.165) is 19.3 Å². The van der Waals surface area contributed by atoms with Crippen molar-refractivity contribution in [3.63, 3.8) is 0 Å². The molecule has 19 heavy (non-hydrogen) atoms. The Morgan fingerprint density at radius 1 is 1.21 bits per heavy atom. The van der Waals surface area contributed by atoms with Crippen LogP contribution in [-0.4, -0.2) is 13.1 Å². The molecule has 1 N–H and O–H groups in total. The highest BCUT2D eigenvalue weighted by atomic mass is 79.9. The van der Waals surface area contributed by atoms with E-state index in [2.05, 4.69) is 21.2 Å². The van der Waals surface area contributed by atoms with Crippen molar-refractivity contribution in [3.8, 4) is 0 Å². The molecule has 1 nitrogen and oxygen atoms in total. The van der Waals surface area contributed by atoms with Crippen LogP contribution in [0.4, 0.5) is 8.78 Å². The Morgan fingerprint density at radius 2 is 1.95 bits per heavy atom. The number of hydrogen-bond acceptors (Lipinski definition) is 1. The second kappa shape index (κ2) is 6.80. The van der Waals surface area contributed by atoms with Crippen LogP contribution in [0.2, 0.25) is 0 Å². The lowest BCUT2D eigenvalue weighted by Gasteiger charge is -2.25. The van der Waals surface area contributed by atoms with Crippen LogP contribution >= 0.6 is 15.9 Å². The third-order valence-electron chi connectivity index (χ3n) is 4.14. The highest BCUT2D eigenvalue weighted by molar-refractivity contribution is 9.10. The Bertz CT molecular complexity index is 436. The fourth-order valence-electron chi connectivity index (χ4n) is 3.03. The minimum absolute atomic E-state index is 0.224. The predicted octanol–water partition coefficient (Wildman–Crippen LogP) is 4.44. The second-order valence-electron chi connectivity index (χ2n) is 5.32. The van der Waals surface area contributed by atoms with Crippen LogP contribution in [0.1, 0.15) is 37.7 Å². The lowest BCUT2D eigenvalue weighted by Crippen LogP contribution is -2.34. The Labute approximate surface area is 121 Å². The Balaban J connectivity index is 2.21. The standard InChI is InChI=1S/C15H20BrF2N/c1-19-14-6-4-2-3-5-10(14)9-11-13(17)8-7-12(16)15(11)18/h7-8,10,14,19H,2-6,9H2,1H3. The van der Waals surface area contributed by atoms with E-state index >= 15 is 0 Å². The zero-order valence-electron chi connectivity index (χ0n) is 11.2. The number of nitrogens with one attached hydrogen (secondary N) is 1. The van der Waals surface area contributed by atoms with Crippen molar-refractivity contribution in [2.24, 2.45) is 5.92 Å². The summed E-state index contributed by atoms with van der Waals surface area (Å²) in [4.78, 5) is 0. The smallest absolute Gasteiger partial charge is 0.143 e. The molecule has 106 valence electrons. The summed E-state index contributed by atoms with van der Waals surface area (Å²) in [5.74, 6) is -0.565. The van der Waals surface area contributed by atoms with Gasteiger partial charge in [0.2, 0.25) is 0 Å². The number of benzene rings is 1. The van der Waals surface area contributed by atoms with Gasteiger partial charge in [-0.15, -0.1) is 0 Å². The van der Waals surface area contributed by atoms with Gasteiger partial charge in [0, 0.05) is 11.6 Å². The Morgan fingerprint density at radius 3 is 2.68 bits per heavy atom. The van der Waals surface area contributed by atoms with Crippen LogP contribution < -0.4 is 5.32 Å². The van der Waals surface area contributed by atoms with Crippen LogP contribution in [0, 0.1) is 17.6 Å². The summed E-state index contributed by atoms with van der Waals surface area (Å²) in [6, 6.07) is 3.13. The molecule has 1 aromatic carbocycles. The first-order chi connectivity index (χ1) is 9.13. The van der Waals surface area contributed by atoms with Gasteiger partial charge in [0.05, 0.1) is 4.47 Å². The van der Waals surface area contributed by atoms with Gasteiger partial charge in [-0.1, -0.05) is 19.3 Å². The van der Waals surface area contributed by atoms with Crippen molar-refractivity contribution < 1.29 is 8.78 Å². The third-order valence-corrected chi connectivity index (χ3v) is 4.75. The molecule has 1 saturated carbocycles. The maximum Gasteiger partial charge on any atom is 0.143 e. The third kappa shape index (κ3) is 3.54. The number of rotatable bonds is 3. The van der Waals surface area contributed by atoms with Crippen LogP contribution in [0.5, 0.6) is 0 Å². The van der Waals surface area contributed by atoms with Gasteiger partial charge in [-0.2, -0.15) is 0 Å². The fraction of sp³-hybridized carbons (Fsp3) is 0.600. The summed E-state index contributed by atoms with van der Waals surface area (Å²) in [5.41, 5.74) is 0.224. The van der Waals surface area contributed by atoms with Gasteiger partial charge in [-0.25, -0.2) is 8.78 Å². The lowest BCUT2D eigenvalue weighted by atomic mass is 9.88. The van der Waals surface area contributed by atoms with Crippen molar-refractivity contribution in [2.75, 3.05) is 7.05 Å². The molecule has 2 unspecified atom stereocenters. The van der Waals surface area contributed by atoms with E-state index in [4.69, 9.17) is 0 Å². The molecular weight excluding hydrogens is 312 g/mol. The first-order valence-electron chi connectivity index (χ1n) is 6.93. The fourth-order valence-corrected chi connectivity index (χ4v) is 3.40. The van der Waals surface area contributed by atoms with Crippen LogP contribution in [0.25, 0.3) is 0 Å². The van der Waals surface area contributed by atoms with Crippen molar-refractivity contribution in [1.82, 2.24) is 5.32 Å². The van der Waals surface area contributed by atoms with Crippen molar-refractivity contribution in [2.45, 2.75) is 44.6 Å². The summed E-state index contributed by atoms with van der Waals surface area (Å²) in [6.07, 6.45) is 6.18. The number of halogens is 3. The molecule has 0 radical (unpaired) electrons. The van der Waals surface area contributed by atoms with Gasteiger partial charge in [-0.05, 0) is 60.3 Å². The van der Waals surface area contributed by atoms with Gasteiger partial charge < -0.3 is 5.32 Å². The lowest BCUT2D eigenvalue weighted by molar-refractivity contribution is 0.342. The zero-order valence-corrected chi connectivity index (χ0v) is 12.8. The zero-order chi connectivity index (χ0) is 13.8. The minimum atomic E-state index is -0.445. The molecule has 0 spiro atoms. The van der Waals surface area contributed by atoms with Crippen LogP contribution in [0.15, 0.2) is 16.6 Å². The maximum atomic E-state index is 14.0. The normalized spacial score (nSPS) is 24.2. The first-order valence-corrected chi connectivity index (χ1v) is 7.72. The monoisotopic (exact) mass is 331 g/mol. The molecule has 0 amide bonds. The van der Waals surface area contributed by atoms with Crippen molar-refractivity contribution in [3.05, 3.63) is 33.8 Å². The topological polar surface area (TPSA) is 12.0 Å². The molecule has 0 aliphatic heterocycles. The summed E-state index contributed by atoms with van der Waals surface area (Å²) in [6.45, 7) is 0. The predicted molar refractivity (Wildman–Crippen MR) is 77.2 cm³/mol. The van der Waals surface area contributed by atoms with E-state index < -0.39 is 11.6 Å². The Kier molecular flexibility index (Phi) is 5.34. The molecule has 2 atom stereocenters. The molecule has 1 aromatic rings. The van der Waals surface area contributed by atoms with Crippen LogP contribution in [-0.2, 0) is 6.42 Å². The van der Waals surface area contributed by atoms with E-state index in [9.17, 15) is 8.78 Å². The minimum Gasteiger partial charge on any atom is -0.317 e. The molecule has 1 aliphatic carbocycles. The SMILES string of the molecule is CNC1CCCCCC1Cc1c(F)ccc(Br)c1F. The van der Waals surface area contributed by atoms with Gasteiger partial charge in [0.25, 0.3) is 0 Å². The highest BCUT2D eigenvalue weighted by Gasteiger charge is 2.25. The summed E-state index contributed by atoms with van der Waals surface area (Å²) >= 11 is 3.14.